The lowest BCUT2D eigenvalue weighted by Gasteiger charge is -2.02. The lowest BCUT2D eigenvalue weighted by molar-refractivity contribution is 0.102. The fourth-order valence-electron chi connectivity index (χ4n) is 1.73. The van der Waals surface area contributed by atoms with E-state index in [9.17, 15) is 4.79 Å². The molecule has 3 N–H and O–H groups in total. The highest BCUT2D eigenvalue weighted by molar-refractivity contribution is 6.01. The van der Waals surface area contributed by atoms with Crippen molar-refractivity contribution in [2.24, 2.45) is 0 Å². The molecule has 104 valence electrons. The number of nitrogens with two attached hydrogens (primary N) is 1. The molecule has 0 fully saturated rings. The van der Waals surface area contributed by atoms with Gasteiger partial charge in [-0.25, -0.2) is 9.67 Å². The first kappa shape index (κ1) is 12.7. The summed E-state index contributed by atoms with van der Waals surface area (Å²) in [5.74, 6) is -0.286. The zero-order valence-electron chi connectivity index (χ0n) is 10.8. The SMILES string of the molecule is Nc1cccc(-n2ccc(C(=O)Nc3nccnn3)n2)c1. The van der Waals surface area contributed by atoms with Gasteiger partial charge >= 0.3 is 0 Å². The maximum atomic E-state index is 12.0. The Morgan fingerprint density at radius 2 is 2.14 bits per heavy atom. The number of hydrogen-bond donors (Lipinski definition) is 2. The predicted molar refractivity (Wildman–Crippen MR) is 75.8 cm³/mol. The van der Waals surface area contributed by atoms with E-state index in [0.29, 0.717) is 5.69 Å². The van der Waals surface area contributed by atoms with Crippen LogP contribution in [-0.2, 0) is 0 Å². The third-order valence-corrected chi connectivity index (χ3v) is 2.66. The van der Waals surface area contributed by atoms with Gasteiger partial charge in [-0.1, -0.05) is 6.07 Å². The van der Waals surface area contributed by atoms with Gasteiger partial charge in [0.05, 0.1) is 18.1 Å². The van der Waals surface area contributed by atoms with Gasteiger partial charge in [-0.05, 0) is 24.3 Å². The van der Waals surface area contributed by atoms with Gasteiger partial charge in [0.15, 0.2) is 5.69 Å². The minimum Gasteiger partial charge on any atom is -0.399 e. The third kappa shape index (κ3) is 2.84. The van der Waals surface area contributed by atoms with Crippen molar-refractivity contribution in [3.8, 4) is 5.69 Å². The third-order valence-electron chi connectivity index (χ3n) is 2.66. The molecule has 3 rings (SSSR count). The van der Waals surface area contributed by atoms with Gasteiger partial charge in [0, 0.05) is 11.9 Å². The highest BCUT2D eigenvalue weighted by atomic mass is 16.2. The summed E-state index contributed by atoms with van der Waals surface area (Å²) in [5.41, 5.74) is 7.35. The first-order valence-electron chi connectivity index (χ1n) is 6.09. The Bertz CT molecular complexity index is 769. The molecule has 0 bridgehead atoms. The molecule has 0 aliphatic carbocycles. The molecule has 3 aromatic rings. The number of benzene rings is 1. The van der Waals surface area contributed by atoms with E-state index >= 15 is 0 Å². The van der Waals surface area contributed by atoms with Crippen molar-refractivity contribution in [3.63, 3.8) is 0 Å². The van der Waals surface area contributed by atoms with Gasteiger partial charge in [-0.2, -0.15) is 10.2 Å². The standard InChI is InChI=1S/C13H11N7O/c14-9-2-1-3-10(8-9)20-7-4-11(19-20)12(21)17-13-15-5-6-16-18-13/h1-8H,14H2,(H,15,17,18,21). The molecule has 2 aromatic heterocycles. The minimum absolute atomic E-state index is 0.126. The molecule has 0 saturated heterocycles. The molecule has 0 aliphatic heterocycles. The van der Waals surface area contributed by atoms with Crippen LogP contribution in [0.15, 0.2) is 48.9 Å². The van der Waals surface area contributed by atoms with Crippen molar-refractivity contribution < 1.29 is 4.79 Å². The minimum atomic E-state index is -0.411. The molecular weight excluding hydrogens is 270 g/mol. The summed E-state index contributed by atoms with van der Waals surface area (Å²) >= 11 is 0. The van der Waals surface area contributed by atoms with Crippen LogP contribution in [0.2, 0.25) is 0 Å². The number of carbonyl (C=O) groups excluding carboxylic acids is 1. The van der Waals surface area contributed by atoms with Crippen molar-refractivity contribution in [2.75, 3.05) is 11.1 Å². The van der Waals surface area contributed by atoms with E-state index in [1.54, 1.807) is 29.1 Å². The van der Waals surface area contributed by atoms with Gasteiger partial charge in [0.2, 0.25) is 5.95 Å². The molecule has 0 radical (unpaired) electrons. The lowest BCUT2D eigenvalue weighted by Crippen LogP contribution is -2.15. The average Bonchev–Trinajstić information content (AvgIpc) is 2.98. The zero-order chi connectivity index (χ0) is 14.7. The van der Waals surface area contributed by atoms with Crippen LogP contribution in [-0.4, -0.2) is 30.9 Å². The van der Waals surface area contributed by atoms with Gasteiger partial charge in [0.25, 0.3) is 5.91 Å². The monoisotopic (exact) mass is 281 g/mol. The number of anilines is 2. The summed E-state index contributed by atoms with van der Waals surface area (Å²) in [6.45, 7) is 0. The van der Waals surface area contributed by atoms with Crippen molar-refractivity contribution in [3.05, 3.63) is 54.6 Å². The Morgan fingerprint density at radius 1 is 1.24 bits per heavy atom. The maximum Gasteiger partial charge on any atom is 0.278 e. The van der Waals surface area contributed by atoms with Crippen LogP contribution in [0.5, 0.6) is 0 Å². The van der Waals surface area contributed by atoms with Crippen molar-refractivity contribution in [1.29, 1.82) is 0 Å². The summed E-state index contributed by atoms with van der Waals surface area (Å²) in [5, 5.41) is 14.0. The second kappa shape index (κ2) is 5.37. The Kier molecular flexibility index (Phi) is 3.26. The van der Waals surface area contributed by atoms with Gasteiger partial charge in [-0.15, -0.1) is 5.10 Å². The highest BCUT2D eigenvalue weighted by Gasteiger charge is 2.11. The highest BCUT2D eigenvalue weighted by Crippen LogP contribution is 2.12. The van der Waals surface area contributed by atoms with Crippen LogP contribution >= 0.6 is 0 Å². The van der Waals surface area contributed by atoms with E-state index < -0.39 is 5.91 Å². The molecule has 0 saturated carbocycles. The number of nitrogens with zero attached hydrogens (tertiary/aromatic N) is 5. The van der Waals surface area contributed by atoms with Crippen LogP contribution in [0.1, 0.15) is 10.5 Å². The molecule has 1 aromatic carbocycles. The maximum absolute atomic E-state index is 12.0. The van der Waals surface area contributed by atoms with E-state index in [1.807, 2.05) is 12.1 Å². The van der Waals surface area contributed by atoms with Gasteiger partial charge in [0.1, 0.15) is 0 Å². The number of amides is 1. The largest absolute Gasteiger partial charge is 0.399 e. The smallest absolute Gasteiger partial charge is 0.278 e. The molecule has 0 atom stereocenters. The molecule has 0 spiro atoms. The topological polar surface area (TPSA) is 112 Å². The average molecular weight is 281 g/mol. The van der Waals surface area contributed by atoms with Crippen LogP contribution in [0.25, 0.3) is 5.69 Å². The van der Waals surface area contributed by atoms with E-state index in [2.05, 4.69) is 25.6 Å². The second-order valence-corrected chi connectivity index (χ2v) is 4.16. The van der Waals surface area contributed by atoms with Gasteiger partial charge in [-0.3, -0.25) is 10.1 Å². The second-order valence-electron chi connectivity index (χ2n) is 4.16. The van der Waals surface area contributed by atoms with Crippen LogP contribution in [0.4, 0.5) is 11.6 Å². The molecule has 8 nitrogen and oxygen atoms in total. The first-order valence-corrected chi connectivity index (χ1v) is 6.09. The summed E-state index contributed by atoms with van der Waals surface area (Å²) in [6.07, 6.45) is 4.53. The van der Waals surface area contributed by atoms with E-state index in [-0.39, 0.29) is 11.6 Å². The number of rotatable bonds is 3. The Balaban J connectivity index is 1.80. The summed E-state index contributed by atoms with van der Waals surface area (Å²) in [4.78, 5) is 15.9. The van der Waals surface area contributed by atoms with E-state index in [0.717, 1.165) is 5.69 Å². The summed E-state index contributed by atoms with van der Waals surface area (Å²) < 4.78 is 1.56. The molecular formula is C13H11N7O. The normalized spacial score (nSPS) is 10.3. The fourth-order valence-corrected chi connectivity index (χ4v) is 1.73. The number of nitrogens with one attached hydrogen (secondary N) is 1. The first-order chi connectivity index (χ1) is 10.2. The summed E-state index contributed by atoms with van der Waals surface area (Å²) in [6, 6.07) is 8.79. The lowest BCUT2D eigenvalue weighted by atomic mass is 10.3. The number of nitrogen functional groups attached to an aromatic ring is 1. The molecule has 21 heavy (non-hydrogen) atoms. The Hall–Kier alpha value is -3.29. The van der Waals surface area contributed by atoms with Gasteiger partial charge < -0.3 is 5.73 Å². The fraction of sp³-hybridized carbons (Fsp3) is 0. The van der Waals surface area contributed by atoms with Crippen molar-refractivity contribution >= 4 is 17.5 Å². The molecule has 0 unspecified atom stereocenters. The molecule has 1 amide bonds. The quantitative estimate of drug-likeness (QED) is 0.690. The summed E-state index contributed by atoms with van der Waals surface area (Å²) in [7, 11) is 0. The van der Waals surface area contributed by atoms with E-state index in [4.69, 9.17) is 5.73 Å². The van der Waals surface area contributed by atoms with Crippen LogP contribution < -0.4 is 11.1 Å². The Morgan fingerprint density at radius 3 is 2.90 bits per heavy atom. The number of aromatic nitrogens is 5. The van der Waals surface area contributed by atoms with Crippen molar-refractivity contribution in [1.82, 2.24) is 25.0 Å². The zero-order valence-corrected chi connectivity index (χ0v) is 10.8. The number of carbonyl (C=O) groups is 1. The van der Waals surface area contributed by atoms with Crippen molar-refractivity contribution in [2.45, 2.75) is 0 Å². The molecule has 0 aliphatic rings. The van der Waals surface area contributed by atoms with E-state index in [1.165, 1.54) is 12.4 Å². The molecule has 2 heterocycles. The van der Waals surface area contributed by atoms with Crippen LogP contribution in [0, 0.1) is 0 Å². The Labute approximate surface area is 119 Å². The molecule has 8 heteroatoms. The van der Waals surface area contributed by atoms with Crippen LogP contribution in [0.3, 0.4) is 0 Å². The predicted octanol–water partition coefficient (Wildman–Crippen LogP) is 0.892. The number of hydrogen-bond acceptors (Lipinski definition) is 6.